The number of aromatic amines is 1. The first-order valence-electron chi connectivity index (χ1n) is 6.86. The molecule has 0 aliphatic rings. The smallest absolute Gasteiger partial charge is 0.272 e. The number of H-pyrrole nitrogens is 1. The second kappa shape index (κ2) is 4.77. The van der Waals surface area contributed by atoms with Crippen molar-refractivity contribution < 1.29 is 4.79 Å². The SMILES string of the molecule is Cc1ccc2[nH]c(C(=O)Nc3c(C)nn(C)c3C)cc2c1. The Morgan fingerprint density at radius 3 is 2.67 bits per heavy atom. The van der Waals surface area contributed by atoms with Crippen molar-refractivity contribution in [3.8, 4) is 0 Å². The molecule has 0 saturated carbocycles. The van der Waals surface area contributed by atoms with Crippen LogP contribution >= 0.6 is 0 Å². The lowest BCUT2D eigenvalue weighted by atomic mass is 10.2. The second-order valence-electron chi connectivity index (χ2n) is 5.40. The number of carbonyl (C=O) groups is 1. The van der Waals surface area contributed by atoms with E-state index in [4.69, 9.17) is 0 Å². The highest BCUT2D eigenvalue weighted by Crippen LogP contribution is 2.21. The Labute approximate surface area is 123 Å². The molecule has 5 nitrogen and oxygen atoms in total. The van der Waals surface area contributed by atoms with E-state index in [1.807, 2.05) is 46.0 Å². The Kier molecular flexibility index (Phi) is 3.05. The van der Waals surface area contributed by atoms with E-state index in [2.05, 4.69) is 21.5 Å². The molecular formula is C16H18N4O. The monoisotopic (exact) mass is 282 g/mol. The van der Waals surface area contributed by atoms with Gasteiger partial charge in [-0.25, -0.2) is 0 Å². The molecule has 0 aliphatic carbocycles. The molecule has 0 atom stereocenters. The number of nitrogens with one attached hydrogen (secondary N) is 2. The van der Waals surface area contributed by atoms with Gasteiger partial charge in [0.15, 0.2) is 0 Å². The Morgan fingerprint density at radius 2 is 2.00 bits per heavy atom. The molecule has 2 N–H and O–H groups in total. The quantitative estimate of drug-likeness (QED) is 0.758. The normalized spacial score (nSPS) is 11.0. The molecule has 0 aliphatic heterocycles. The Hall–Kier alpha value is -2.56. The molecule has 0 bridgehead atoms. The fourth-order valence-corrected chi connectivity index (χ4v) is 2.51. The maximum atomic E-state index is 12.4. The van der Waals surface area contributed by atoms with Crippen LogP contribution in [0.4, 0.5) is 5.69 Å². The first-order chi connectivity index (χ1) is 9.95. The predicted octanol–water partition coefficient (Wildman–Crippen LogP) is 3.08. The Balaban J connectivity index is 1.93. The zero-order valence-corrected chi connectivity index (χ0v) is 12.6. The lowest BCUT2D eigenvalue weighted by molar-refractivity contribution is 0.102. The topological polar surface area (TPSA) is 62.7 Å². The minimum atomic E-state index is -0.150. The number of anilines is 1. The highest BCUT2D eigenvalue weighted by atomic mass is 16.1. The number of amides is 1. The number of aromatic nitrogens is 3. The number of carbonyl (C=O) groups excluding carboxylic acids is 1. The van der Waals surface area contributed by atoms with Gasteiger partial charge >= 0.3 is 0 Å². The van der Waals surface area contributed by atoms with Crippen molar-refractivity contribution in [1.82, 2.24) is 14.8 Å². The average molecular weight is 282 g/mol. The van der Waals surface area contributed by atoms with Crippen molar-refractivity contribution in [3.05, 3.63) is 46.9 Å². The standard InChI is InChI=1S/C16H18N4O/c1-9-5-6-13-12(7-9)8-14(17-13)16(21)18-15-10(2)19-20(4)11(15)3/h5-8,17H,1-4H3,(H,18,21). The second-order valence-corrected chi connectivity index (χ2v) is 5.40. The van der Waals surface area contributed by atoms with Gasteiger partial charge in [-0.05, 0) is 39.0 Å². The molecule has 3 aromatic rings. The van der Waals surface area contributed by atoms with Crippen LogP contribution in [0.3, 0.4) is 0 Å². The van der Waals surface area contributed by atoms with Crippen molar-refractivity contribution in [2.75, 3.05) is 5.32 Å². The highest BCUT2D eigenvalue weighted by molar-refractivity contribution is 6.06. The van der Waals surface area contributed by atoms with E-state index in [1.54, 1.807) is 4.68 Å². The van der Waals surface area contributed by atoms with Gasteiger partial charge in [-0.1, -0.05) is 11.6 Å². The Morgan fingerprint density at radius 1 is 1.24 bits per heavy atom. The first kappa shape index (κ1) is 13.4. The van der Waals surface area contributed by atoms with Gasteiger partial charge in [-0.2, -0.15) is 5.10 Å². The summed E-state index contributed by atoms with van der Waals surface area (Å²) in [5, 5.41) is 8.28. The minimum absolute atomic E-state index is 0.150. The summed E-state index contributed by atoms with van der Waals surface area (Å²) in [5.41, 5.74) is 5.22. The van der Waals surface area contributed by atoms with E-state index in [9.17, 15) is 4.79 Å². The minimum Gasteiger partial charge on any atom is -0.351 e. The lowest BCUT2D eigenvalue weighted by Gasteiger charge is -2.03. The van der Waals surface area contributed by atoms with Gasteiger partial charge < -0.3 is 10.3 Å². The summed E-state index contributed by atoms with van der Waals surface area (Å²) >= 11 is 0. The molecule has 1 aromatic carbocycles. The molecule has 0 spiro atoms. The number of benzene rings is 1. The van der Waals surface area contributed by atoms with Gasteiger partial charge in [-0.3, -0.25) is 9.48 Å². The number of rotatable bonds is 2. The third-order valence-corrected chi connectivity index (χ3v) is 3.77. The summed E-state index contributed by atoms with van der Waals surface area (Å²) in [6, 6.07) is 7.94. The van der Waals surface area contributed by atoms with Crippen LogP contribution in [-0.2, 0) is 7.05 Å². The number of aryl methyl sites for hydroxylation is 3. The molecule has 0 radical (unpaired) electrons. The molecular weight excluding hydrogens is 264 g/mol. The number of nitrogens with zero attached hydrogens (tertiary/aromatic N) is 2. The molecule has 2 heterocycles. The lowest BCUT2D eigenvalue weighted by Crippen LogP contribution is -2.13. The van der Waals surface area contributed by atoms with Crippen LogP contribution in [0.15, 0.2) is 24.3 Å². The van der Waals surface area contributed by atoms with Crippen LogP contribution in [0.2, 0.25) is 0 Å². The third kappa shape index (κ3) is 2.31. The maximum Gasteiger partial charge on any atom is 0.272 e. The molecule has 3 rings (SSSR count). The molecule has 1 amide bonds. The molecule has 2 aromatic heterocycles. The van der Waals surface area contributed by atoms with Gasteiger partial charge in [0.25, 0.3) is 5.91 Å². The van der Waals surface area contributed by atoms with E-state index < -0.39 is 0 Å². The van der Waals surface area contributed by atoms with Crippen molar-refractivity contribution >= 4 is 22.5 Å². The fourth-order valence-electron chi connectivity index (χ4n) is 2.51. The van der Waals surface area contributed by atoms with Gasteiger partial charge in [-0.15, -0.1) is 0 Å². The fraction of sp³-hybridized carbons (Fsp3) is 0.250. The first-order valence-corrected chi connectivity index (χ1v) is 6.86. The predicted molar refractivity (Wildman–Crippen MR) is 83.7 cm³/mol. The highest BCUT2D eigenvalue weighted by Gasteiger charge is 2.15. The van der Waals surface area contributed by atoms with Crippen LogP contribution < -0.4 is 5.32 Å². The van der Waals surface area contributed by atoms with Crippen LogP contribution in [0.5, 0.6) is 0 Å². The summed E-state index contributed by atoms with van der Waals surface area (Å²) in [5.74, 6) is -0.150. The van der Waals surface area contributed by atoms with E-state index in [-0.39, 0.29) is 5.91 Å². The van der Waals surface area contributed by atoms with E-state index in [0.717, 1.165) is 28.0 Å². The van der Waals surface area contributed by atoms with Gasteiger partial charge in [0.1, 0.15) is 5.69 Å². The largest absolute Gasteiger partial charge is 0.351 e. The molecule has 0 saturated heterocycles. The van der Waals surface area contributed by atoms with Gasteiger partial charge in [0, 0.05) is 18.0 Å². The summed E-state index contributed by atoms with van der Waals surface area (Å²) < 4.78 is 1.76. The van der Waals surface area contributed by atoms with Gasteiger partial charge in [0.05, 0.1) is 17.1 Å². The summed E-state index contributed by atoms with van der Waals surface area (Å²) in [6.07, 6.45) is 0. The van der Waals surface area contributed by atoms with Crippen molar-refractivity contribution in [1.29, 1.82) is 0 Å². The molecule has 5 heteroatoms. The van der Waals surface area contributed by atoms with E-state index >= 15 is 0 Å². The number of fused-ring (bicyclic) bond motifs is 1. The summed E-state index contributed by atoms with van der Waals surface area (Å²) in [6.45, 7) is 5.86. The third-order valence-electron chi connectivity index (χ3n) is 3.77. The van der Waals surface area contributed by atoms with Crippen LogP contribution in [0, 0.1) is 20.8 Å². The van der Waals surface area contributed by atoms with Crippen molar-refractivity contribution in [2.45, 2.75) is 20.8 Å². The summed E-state index contributed by atoms with van der Waals surface area (Å²) in [7, 11) is 1.86. The summed E-state index contributed by atoms with van der Waals surface area (Å²) in [4.78, 5) is 15.6. The zero-order valence-electron chi connectivity index (χ0n) is 12.6. The zero-order chi connectivity index (χ0) is 15.1. The molecule has 108 valence electrons. The van der Waals surface area contributed by atoms with Crippen molar-refractivity contribution in [2.24, 2.45) is 7.05 Å². The number of hydrogen-bond donors (Lipinski definition) is 2. The Bertz CT molecular complexity index is 841. The van der Waals surface area contributed by atoms with Crippen LogP contribution in [0.25, 0.3) is 10.9 Å². The number of hydrogen-bond acceptors (Lipinski definition) is 2. The molecule has 21 heavy (non-hydrogen) atoms. The van der Waals surface area contributed by atoms with Gasteiger partial charge in [0.2, 0.25) is 0 Å². The molecule has 0 fully saturated rings. The van der Waals surface area contributed by atoms with E-state index in [1.165, 1.54) is 5.56 Å². The van der Waals surface area contributed by atoms with E-state index in [0.29, 0.717) is 5.69 Å². The average Bonchev–Trinajstić information content (AvgIpc) is 2.95. The van der Waals surface area contributed by atoms with Crippen LogP contribution in [-0.4, -0.2) is 20.7 Å². The van der Waals surface area contributed by atoms with Crippen LogP contribution in [0.1, 0.15) is 27.4 Å². The maximum absolute atomic E-state index is 12.4. The van der Waals surface area contributed by atoms with Crippen molar-refractivity contribution in [3.63, 3.8) is 0 Å². The molecule has 0 unspecified atom stereocenters.